The summed E-state index contributed by atoms with van der Waals surface area (Å²) in [5.74, 6) is -0.755. The molecule has 3 rings (SSSR count). The first kappa shape index (κ1) is 13.5. The van der Waals surface area contributed by atoms with Crippen LogP contribution in [0.3, 0.4) is 0 Å². The van der Waals surface area contributed by atoms with E-state index >= 15 is 0 Å². The van der Waals surface area contributed by atoms with Crippen LogP contribution in [0.15, 0.2) is 42.6 Å². The van der Waals surface area contributed by atoms with Gasteiger partial charge in [-0.15, -0.1) is 0 Å². The molecule has 0 bridgehead atoms. The highest BCUT2D eigenvalue weighted by molar-refractivity contribution is 5.85. The lowest BCUT2D eigenvalue weighted by molar-refractivity contribution is 0.0690. The van der Waals surface area contributed by atoms with Gasteiger partial charge in [-0.25, -0.2) is 14.8 Å². The normalized spacial score (nSPS) is 21.1. The van der Waals surface area contributed by atoms with Crippen molar-refractivity contribution in [1.29, 1.82) is 0 Å². The first-order valence-corrected chi connectivity index (χ1v) is 6.73. The van der Waals surface area contributed by atoms with Crippen molar-refractivity contribution in [3.8, 4) is 0 Å². The van der Waals surface area contributed by atoms with E-state index in [1.807, 2.05) is 30.3 Å². The van der Waals surface area contributed by atoms with Gasteiger partial charge >= 0.3 is 5.97 Å². The van der Waals surface area contributed by atoms with Gasteiger partial charge < -0.3 is 15.2 Å². The average Bonchev–Trinajstić information content (AvgIpc) is 2.96. The molecule has 1 aliphatic heterocycles. The number of nitrogens with one attached hydrogen (secondary N) is 1. The van der Waals surface area contributed by atoms with Crippen molar-refractivity contribution in [1.82, 2.24) is 9.97 Å². The topological polar surface area (TPSA) is 84.3 Å². The number of carboxylic acids is 1. The Hall–Kier alpha value is -2.47. The molecular weight excluding hydrogens is 270 g/mol. The largest absolute Gasteiger partial charge is 0.477 e. The summed E-state index contributed by atoms with van der Waals surface area (Å²) in [5.41, 5.74) is 1.06. The number of carboxylic acid groups (broad SMARTS) is 1. The van der Waals surface area contributed by atoms with Crippen molar-refractivity contribution < 1.29 is 14.6 Å². The molecule has 0 radical (unpaired) electrons. The van der Waals surface area contributed by atoms with Crippen LogP contribution in [-0.4, -0.2) is 33.7 Å². The van der Waals surface area contributed by atoms with Crippen molar-refractivity contribution in [3.05, 3.63) is 53.9 Å². The molecule has 2 heterocycles. The van der Waals surface area contributed by atoms with Crippen molar-refractivity contribution in [2.75, 3.05) is 11.9 Å². The Morgan fingerprint density at radius 2 is 2.10 bits per heavy atom. The summed E-state index contributed by atoms with van der Waals surface area (Å²) < 4.78 is 5.77. The zero-order valence-corrected chi connectivity index (χ0v) is 11.3. The third kappa shape index (κ3) is 3.00. The molecule has 1 aromatic carbocycles. The fraction of sp³-hybridized carbons (Fsp3) is 0.267. The highest BCUT2D eigenvalue weighted by Crippen LogP contribution is 2.30. The second-order valence-corrected chi connectivity index (χ2v) is 4.81. The minimum Gasteiger partial charge on any atom is -0.477 e. The Balaban J connectivity index is 1.78. The summed E-state index contributed by atoms with van der Waals surface area (Å²) >= 11 is 0. The van der Waals surface area contributed by atoms with E-state index < -0.39 is 5.97 Å². The fourth-order valence-electron chi connectivity index (χ4n) is 2.42. The summed E-state index contributed by atoms with van der Waals surface area (Å²) in [6.45, 7) is 0.649. The van der Waals surface area contributed by atoms with E-state index in [1.54, 1.807) is 0 Å². The quantitative estimate of drug-likeness (QED) is 0.895. The van der Waals surface area contributed by atoms with E-state index in [-0.39, 0.29) is 17.8 Å². The van der Waals surface area contributed by atoms with Crippen LogP contribution in [0.25, 0.3) is 0 Å². The number of nitrogens with zero attached hydrogens (tertiary/aromatic N) is 2. The fourth-order valence-corrected chi connectivity index (χ4v) is 2.42. The Morgan fingerprint density at radius 1 is 1.29 bits per heavy atom. The number of aromatic nitrogens is 2. The smallest absolute Gasteiger partial charge is 0.354 e. The lowest BCUT2D eigenvalue weighted by atomic mass is 10.0. The summed E-state index contributed by atoms with van der Waals surface area (Å²) in [4.78, 5) is 19.0. The molecule has 2 aromatic rings. The molecule has 2 N–H and O–H groups in total. The molecule has 0 unspecified atom stereocenters. The minimum atomic E-state index is -1.07. The highest BCUT2D eigenvalue weighted by atomic mass is 16.5. The van der Waals surface area contributed by atoms with Crippen LogP contribution in [0.5, 0.6) is 0 Å². The molecule has 1 aromatic heterocycles. The van der Waals surface area contributed by atoms with E-state index in [0.29, 0.717) is 12.6 Å². The molecule has 1 saturated heterocycles. The minimum absolute atomic E-state index is 0.0245. The first-order chi connectivity index (χ1) is 10.2. The Morgan fingerprint density at radius 3 is 2.86 bits per heavy atom. The zero-order chi connectivity index (χ0) is 14.7. The molecule has 6 nitrogen and oxygen atoms in total. The Bertz CT molecular complexity index is 633. The number of hydrogen-bond acceptors (Lipinski definition) is 5. The predicted octanol–water partition coefficient (Wildman–Crippen LogP) is 2.12. The summed E-state index contributed by atoms with van der Waals surface area (Å²) in [5, 5.41) is 12.1. The van der Waals surface area contributed by atoms with Gasteiger partial charge in [-0.3, -0.25) is 0 Å². The molecule has 0 saturated carbocycles. The van der Waals surface area contributed by atoms with Crippen LogP contribution in [0.1, 0.15) is 28.6 Å². The molecule has 0 spiro atoms. The summed E-state index contributed by atoms with van der Waals surface area (Å²) in [7, 11) is 0. The molecule has 1 fully saturated rings. The molecule has 6 heteroatoms. The van der Waals surface area contributed by atoms with Crippen LogP contribution in [0.4, 0.5) is 5.95 Å². The summed E-state index contributed by atoms with van der Waals surface area (Å²) in [6.07, 6.45) is 2.18. The molecule has 0 aliphatic carbocycles. The standard InChI is InChI=1S/C15H15N3O3/c19-14(20)12-6-8-16-15(18-12)17-11-7-9-21-13(11)10-4-2-1-3-5-10/h1-6,8,11,13H,7,9H2,(H,19,20)(H,16,17,18)/t11-,13+/m1/s1. The number of carbonyl (C=O) groups is 1. The lowest BCUT2D eigenvalue weighted by Crippen LogP contribution is -2.24. The van der Waals surface area contributed by atoms with Gasteiger partial charge in [0.15, 0.2) is 5.69 Å². The van der Waals surface area contributed by atoms with Gasteiger partial charge in [-0.2, -0.15) is 0 Å². The molecular formula is C15H15N3O3. The van der Waals surface area contributed by atoms with E-state index in [0.717, 1.165) is 12.0 Å². The maximum absolute atomic E-state index is 10.9. The van der Waals surface area contributed by atoms with E-state index in [9.17, 15) is 4.79 Å². The lowest BCUT2D eigenvalue weighted by Gasteiger charge is -2.20. The van der Waals surface area contributed by atoms with E-state index in [1.165, 1.54) is 12.3 Å². The second-order valence-electron chi connectivity index (χ2n) is 4.81. The van der Waals surface area contributed by atoms with Gasteiger partial charge in [0.05, 0.1) is 6.04 Å². The number of aromatic carboxylic acids is 1. The maximum atomic E-state index is 10.9. The Kier molecular flexibility index (Phi) is 3.79. The van der Waals surface area contributed by atoms with Crippen molar-refractivity contribution in [2.24, 2.45) is 0 Å². The van der Waals surface area contributed by atoms with E-state index in [2.05, 4.69) is 15.3 Å². The molecule has 1 aliphatic rings. The SMILES string of the molecule is O=C(O)c1ccnc(N[C@@H]2CCO[C@H]2c2ccccc2)n1. The maximum Gasteiger partial charge on any atom is 0.354 e. The third-order valence-corrected chi connectivity index (χ3v) is 3.41. The summed E-state index contributed by atoms with van der Waals surface area (Å²) in [6, 6.07) is 11.3. The number of rotatable bonds is 4. The third-order valence-electron chi connectivity index (χ3n) is 3.41. The zero-order valence-electron chi connectivity index (χ0n) is 11.3. The van der Waals surface area contributed by atoms with Crippen molar-refractivity contribution in [2.45, 2.75) is 18.6 Å². The van der Waals surface area contributed by atoms with Crippen molar-refractivity contribution in [3.63, 3.8) is 0 Å². The van der Waals surface area contributed by atoms with Gasteiger partial charge in [0.1, 0.15) is 6.10 Å². The number of benzene rings is 1. The number of hydrogen-bond donors (Lipinski definition) is 2. The number of anilines is 1. The first-order valence-electron chi connectivity index (χ1n) is 6.73. The molecule has 0 amide bonds. The average molecular weight is 285 g/mol. The Labute approximate surface area is 121 Å². The van der Waals surface area contributed by atoms with Gasteiger partial charge in [-0.05, 0) is 18.1 Å². The predicted molar refractivity (Wildman–Crippen MR) is 76.2 cm³/mol. The van der Waals surface area contributed by atoms with Gasteiger partial charge in [-0.1, -0.05) is 30.3 Å². The second kappa shape index (κ2) is 5.88. The van der Waals surface area contributed by atoms with Crippen LogP contribution >= 0.6 is 0 Å². The van der Waals surface area contributed by atoms with Gasteiger partial charge in [0.25, 0.3) is 0 Å². The van der Waals surface area contributed by atoms with Gasteiger partial charge in [0, 0.05) is 12.8 Å². The van der Waals surface area contributed by atoms with Crippen molar-refractivity contribution >= 4 is 11.9 Å². The molecule has 21 heavy (non-hydrogen) atoms. The van der Waals surface area contributed by atoms with E-state index in [4.69, 9.17) is 9.84 Å². The molecule has 2 atom stereocenters. The van der Waals surface area contributed by atoms with Crippen LogP contribution in [0.2, 0.25) is 0 Å². The van der Waals surface area contributed by atoms with Crippen LogP contribution in [0, 0.1) is 0 Å². The van der Waals surface area contributed by atoms with Crippen LogP contribution < -0.4 is 5.32 Å². The highest BCUT2D eigenvalue weighted by Gasteiger charge is 2.30. The monoisotopic (exact) mass is 285 g/mol. The van der Waals surface area contributed by atoms with Gasteiger partial charge in [0.2, 0.25) is 5.95 Å². The molecule has 108 valence electrons. The van der Waals surface area contributed by atoms with Crippen LogP contribution in [-0.2, 0) is 4.74 Å². The number of ether oxygens (including phenoxy) is 1.